The maximum Gasteiger partial charge on any atom is 0.319 e. The fourth-order valence-corrected chi connectivity index (χ4v) is 3.18. The third kappa shape index (κ3) is 4.92. The molecule has 0 saturated heterocycles. The number of fused-ring (bicyclic) bond motifs is 1. The van der Waals surface area contributed by atoms with Gasteiger partial charge in [0.05, 0.1) is 19.3 Å². The van der Waals surface area contributed by atoms with E-state index >= 15 is 0 Å². The third-order valence-electron chi connectivity index (χ3n) is 4.60. The average Bonchev–Trinajstić information content (AvgIpc) is 3.11. The number of urea groups is 1. The molecular formula is C21H27N3O3. The average molecular weight is 369 g/mol. The highest BCUT2D eigenvalue weighted by atomic mass is 16.5. The van der Waals surface area contributed by atoms with Gasteiger partial charge in [0, 0.05) is 18.7 Å². The molecule has 6 nitrogen and oxygen atoms in total. The fourth-order valence-electron chi connectivity index (χ4n) is 3.18. The maximum atomic E-state index is 12.3. The molecule has 3 rings (SSSR count). The Labute approximate surface area is 160 Å². The summed E-state index contributed by atoms with van der Waals surface area (Å²) in [6, 6.07) is 13.5. The first-order valence-electron chi connectivity index (χ1n) is 9.26. The summed E-state index contributed by atoms with van der Waals surface area (Å²) in [6.45, 7) is 3.81. The number of anilines is 1. The molecule has 2 amide bonds. The molecule has 2 aromatic rings. The summed E-state index contributed by atoms with van der Waals surface area (Å²) in [6.07, 6.45) is 0.939. The Morgan fingerprint density at radius 3 is 2.70 bits per heavy atom. The lowest BCUT2D eigenvalue weighted by atomic mass is 10.0. The minimum atomic E-state index is -0.226. The Morgan fingerprint density at radius 1 is 1.22 bits per heavy atom. The molecule has 0 spiro atoms. The van der Waals surface area contributed by atoms with Crippen molar-refractivity contribution in [3.05, 3.63) is 53.6 Å². The second-order valence-corrected chi connectivity index (χ2v) is 6.74. The highest BCUT2D eigenvalue weighted by molar-refractivity contribution is 5.89. The Kier molecular flexibility index (Phi) is 6.19. The molecule has 1 unspecified atom stereocenters. The third-order valence-corrected chi connectivity index (χ3v) is 4.60. The van der Waals surface area contributed by atoms with E-state index in [1.54, 1.807) is 0 Å². The van der Waals surface area contributed by atoms with Crippen molar-refractivity contribution >= 4 is 11.7 Å². The summed E-state index contributed by atoms with van der Waals surface area (Å²) in [4.78, 5) is 14.4. The number of amides is 2. The zero-order valence-electron chi connectivity index (χ0n) is 16.1. The molecule has 0 radical (unpaired) electrons. The van der Waals surface area contributed by atoms with Gasteiger partial charge < -0.3 is 25.0 Å². The highest BCUT2D eigenvalue weighted by Crippen LogP contribution is 2.29. The van der Waals surface area contributed by atoms with Crippen LogP contribution in [0.1, 0.15) is 24.1 Å². The number of benzene rings is 2. The molecule has 0 aliphatic carbocycles. The number of ether oxygens (including phenoxy) is 2. The Hall–Kier alpha value is -2.73. The smallest absolute Gasteiger partial charge is 0.319 e. The van der Waals surface area contributed by atoms with Crippen LogP contribution < -0.4 is 20.1 Å². The summed E-state index contributed by atoms with van der Waals surface area (Å²) >= 11 is 0. The van der Waals surface area contributed by atoms with Crippen LogP contribution in [0.4, 0.5) is 10.5 Å². The highest BCUT2D eigenvalue weighted by Gasteiger charge is 2.19. The van der Waals surface area contributed by atoms with Gasteiger partial charge in [-0.05, 0) is 62.5 Å². The first-order chi connectivity index (χ1) is 13.1. The number of likely N-dealkylation sites (N-methyl/N-ethyl adjacent to an activating group) is 1. The number of carbonyl (C=O) groups is 1. The standard InChI is InChI=1S/C21H27N3O3/c1-4-26-18-8-6-17(7-9-18)23-21(25)22-14-19(24(2)3)15-5-10-20-16(13-15)11-12-27-20/h5-10,13,19H,4,11-12,14H2,1-3H3,(H2,22,23,25). The number of hydrogen-bond donors (Lipinski definition) is 2. The van der Waals surface area contributed by atoms with E-state index in [-0.39, 0.29) is 12.1 Å². The SMILES string of the molecule is CCOc1ccc(NC(=O)NCC(c2ccc3c(c2)CCO3)N(C)C)cc1. The lowest BCUT2D eigenvalue weighted by Crippen LogP contribution is -2.36. The zero-order chi connectivity index (χ0) is 19.2. The van der Waals surface area contributed by atoms with E-state index in [9.17, 15) is 4.79 Å². The molecule has 1 heterocycles. The first-order valence-corrected chi connectivity index (χ1v) is 9.26. The molecule has 6 heteroatoms. The van der Waals surface area contributed by atoms with Crippen LogP contribution in [-0.2, 0) is 6.42 Å². The van der Waals surface area contributed by atoms with Gasteiger partial charge in [-0.1, -0.05) is 12.1 Å². The summed E-state index contributed by atoms with van der Waals surface area (Å²) in [5, 5.41) is 5.82. The van der Waals surface area contributed by atoms with Crippen molar-refractivity contribution < 1.29 is 14.3 Å². The molecule has 0 saturated carbocycles. The molecule has 0 bridgehead atoms. The quantitative estimate of drug-likeness (QED) is 0.785. The summed E-state index contributed by atoms with van der Waals surface area (Å²) in [7, 11) is 4.03. The monoisotopic (exact) mass is 369 g/mol. The van der Waals surface area contributed by atoms with Crippen molar-refractivity contribution in [1.82, 2.24) is 10.2 Å². The van der Waals surface area contributed by atoms with Gasteiger partial charge in [-0.2, -0.15) is 0 Å². The molecule has 2 N–H and O–H groups in total. The summed E-state index contributed by atoms with van der Waals surface area (Å²) < 4.78 is 11.0. The summed E-state index contributed by atoms with van der Waals surface area (Å²) in [5.41, 5.74) is 3.14. The topological polar surface area (TPSA) is 62.8 Å². The Balaban J connectivity index is 1.58. The molecule has 1 aliphatic rings. The van der Waals surface area contributed by atoms with Gasteiger partial charge in [-0.25, -0.2) is 4.79 Å². The molecule has 1 atom stereocenters. The van der Waals surface area contributed by atoms with Gasteiger partial charge in [0.2, 0.25) is 0 Å². The fraction of sp³-hybridized carbons (Fsp3) is 0.381. The van der Waals surface area contributed by atoms with Crippen molar-refractivity contribution in [3.63, 3.8) is 0 Å². The lowest BCUT2D eigenvalue weighted by Gasteiger charge is -2.25. The van der Waals surface area contributed by atoms with Crippen LogP contribution in [0.25, 0.3) is 0 Å². The van der Waals surface area contributed by atoms with Gasteiger partial charge >= 0.3 is 6.03 Å². The van der Waals surface area contributed by atoms with Crippen LogP contribution >= 0.6 is 0 Å². The van der Waals surface area contributed by atoms with E-state index in [2.05, 4.69) is 27.7 Å². The van der Waals surface area contributed by atoms with Crippen molar-refractivity contribution in [1.29, 1.82) is 0 Å². The second-order valence-electron chi connectivity index (χ2n) is 6.74. The van der Waals surface area contributed by atoms with Crippen LogP contribution in [0.3, 0.4) is 0 Å². The molecule has 0 fully saturated rings. The number of hydrogen-bond acceptors (Lipinski definition) is 4. The molecular weight excluding hydrogens is 342 g/mol. The van der Waals surface area contributed by atoms with Crippen LogP contribution in [0.5, 0.6) is 11.5 Å². The van der Waals surface area contributed by atoms with Gasteiger partial charge in [0.15, 0.2) is 0 Å². The van der Waals surface area contributed by atoms with Crippen molar-refractivity contribution in [2.45, 2.75) is 19.4 Å². The van der Waals surface area contributed by atoms with Crippen LogP contribution in [0, 0.1) is 0 Å². The zero-order valence-corrected chi connectivity index (χ0v) is 16.1. The van der Waals surface area contributed by atoms with Gasteiger partial charge in [0.1, 0.15) is 11.5 Å². The molecule has 144 valence electrons. The van der Waals surface area contributed by atoms with E-state index in [4.69, 9.17) is 9.47 Å². The van der Waals surface area contributed by atoms with Gasteiger partial charge in [-0.3, -0.25) is 0 Å². The predicted octanol–water partition coefficient (Wildman–Crippen LogP) is 3.44. The number of rotatable bonds is 7. The minimum absolute atomic E-state index is 0.0852. The first kappa shape index (κ1) is 19.0. The number of carbonyl (C=O) groups excluding carboxylic acids is 1. The largest absolute Gasteiger partial charge is 0.494 e. The molecule has 1 aliphatic heterocycles. The van der Waals surface area contributed by atoms with Crippen LogP contribution in [-0.4, -0.2) is 44.8 Å². The maximum absolute atomic E-state index is 12.3. The van der Waals surface area contributed by atoms with Crippen LogP contribution in [0.15, 0.2) is 42.5 Å². The van der Waals surface area contributed by atoms with Crippen molar-refractivity contribution in [3.8, 4) is 11.5 Å². The van der Waals surface area contributed by atoms with E-state index in [0.717, 1.165) is 30.2 Å². The van der Waals surface area contributed by atoms with Crippen molar-refractivity contribution in [2.75, 3.05) is 39.2 Å². The van der Waals surface area contributed by atoms with E-state index in [0.29, 0.717) is 13.2 Å². The van der Waals surface area contributed by atoms with E-state index < -0.39 is 0 Å². The van der Waals surface area contributed by atoms with Crippen molar-refractivity contribution in [2.24, 2.45) is 0 Å². The second kappa shape index (κ2) is 8.77. The van der Waals surface area contributed by atoms with Crippen LogP contribution in [0.2, 0.25) is 0 Å². The summed E-state index contributed by atoms with van der Waals surface area (Å²) in [5.74, 6) is 1.76. The molecule has 2 aromatic carbocycles. The van der Waals surface area contributed by atoms with Gasteiger partial charge in [-0.15, -0.1) is 0 Å². The lowest BCUT2D eigenvalue weighted by molar-refractivity contribution is 0.243. The predicted molar refractivity (Wildman–Crippen MR) is 107 cm³/mol. The Bertz CT molecular complexity index is 775. The van der Waals surface area contributed by atoms with Gasteiger partial charge in [0.25, 0.3) is 0 Å². The minimum Gasteiger partial charge on any atom is -0.494 e. The number of nitrogens with zero attached hydrogens (tertiary/aromatic N) is 1. The van der Waals surface area contributed by atoms with E-state index in [1.807, 2.05) is 51.4 Å². The van der Waals surface area contributed by atoms with E-state index in [1.165, 1.54) is 11.1 Å². The Morgan fingerprint density at radius 2 is 2.00 bits per heavy atom. The molecule has 27 heavy (non-hydrogen) atoms. The molecule has 0 aromatic heterocycles. The number of nitrogens with one attached hydrogen (secondary N) is 2. The normalized spacial score (nSPS) is 13.6.